The Balaban J connectivity index is 2.26. The largest absolute Gasteiger partial charge is 0.481 e. The molecule has 0 aromatic heterocycles. The van der Waals surface area contributed by atoms with E-state index in [4.69, 9.17) is 11.6 Å². The summed E-state index contributed by atoms with van der Waals surface area (Å²) in [4.78, 5) is 11.3. The minimum Gasteiger partial charge on any atom is -0.481 e. The number of hydrogen-bond acceptors (Lipinski definition) is 2. The number of benzene rings is 1. The SMILES string of the molecule is O=C(O)C1(Cc2ccc(F)cc2Cl)CCNC1. The van der Waals surface area contributed by atoms with E-state index in [2.05, 4.69) is 5.32 Å². The molecule has 92 valence electrons. The molecule has 0 aliphatic carbocycles. The lowest BCUT2D eigenvalue weighted by Crippen LogP contribution is -2.35. The van der Waals surface area contributed by atoms with Crippen LogP contribution in [0.25, 0.3) is 0 Å². The van der Waals surface area contributed by atoms with Gasteiger partial charge in [0, 0.05) is 11.6 Å². The average molecular weight is 258 g/mol. The van der Waals surface area contributed by atoms with Crippen LogP contribution in [0.4, 0.5) is 4.39 Å². The van der Waals surface area contributed by atoms with Gasteiger partial charge in [-0.05, 0) is 37.1 Å². The highest BCUT2D eigenvalue weighted by Gasteiger charge is 2.41. The summed E-state index contributed by atoms with van der Waals surface area (Å²) in [5.74, 6) is -1.24. The zero-order valence-electron chi connectivity index (χ0n) is 9.17. The molecule has 1 fully saturated rings. The van der Waals surface area contributed by atoms with E-state index in [0.29, 0.717) is 31.5 Å². The first-order valence-corrected chi connectivity index (χ1v) is 5.79. The highest BCUT2D eigenvalue weighted by Crippen LogP contribution is 2.33. The first-order chi connectivity index (χ1) is 8.03. The number of halogens is 2. The van der Waals surface area contributed by atoms with Crippen molar-refractivity contribution in [2.45, 2.75) is 12.8 Å². The molecule has 1 aliphatic rings. The third kappa shape index (κ3) is 2.42. The molecule has 1 heterocycles. The van der Waals surface area contributed by atoms with Gasteiger partial charge in [0.2, 0.25) is 0 Å². The summed E-state index contributed by atoms with van der Waals surface area (Å²) in [6, 6.07) is 4.08. The summed E-state index contributed by atoms with van der Waals surface area (Å²) in [5.41, 5.74) is -0.138. The quantitative estimate of drug-likeness (QED) is 0.872. The molecular formula is C12H13ClFNO2. The average Bonchev–Trinajstić information content (AvgIpc) is 2.72. The number of aliphatic carboxylic acids is 1. The molecule has 2 rings (SSSR count). The topological polar surface area (TPSA) is 49.3 Å². The monoisotopic (exact) mass is 257 g/mol. The molecule has 1 aromatic carbocycles. The fraction of sp³-hybridized carbons (Fsp3) is 0.417. The van der Waals surface area contributed by atoms with Crippen molar-refractivity contribution >= 4 is 17.6 Å². The molecule has 3 nitrogen and oxygen atoms in total. The first kappa shape index (κ1) is 12.3. The predicted molar refractivity (Wildman–Crippen MR) is 62.7 cm³/mol. The van der Waals surface area contributed by atoms with Gasteiger partial charge in [0.15, 0.2) is 0 Å². The number of carboxylic acid groups (broad SMARTS) is 1. The van der Waals surface area contributed by atoms with Gasteiger partial charge in [-0.2, -0.15) is 0 Å². The van der Waals surface area contributed by atoms with Crippen LogP contribution in [0.15, 0.2) is 18.2 Å². The second kappa shape index (κ2) is 4.63. The zero-order valence-corrected chi connectivity index (χ0v) is 9.93. The van der Waals surface area contributed by atoms with Crippen LogP contribution in [0.1, 0.15) is 12.0 Å². The smallest absolute Gasteiger partial charge is 0.311 e. The fourth-order valence-electron chi connectivity index (χ4n) is 2.18. The Hall–Kier alpha value is -1.13. The highest BCUT2D eigenvalue weighted by molar-refractivity contribution is 6.31. The molecule has 1 aromatic rings. The molecule has 0 bridgehead atoms. The van der Waals surface area contributed by atoms with E-state index in [1.165, 1.54) is 12.1 Å². The number of carboxylic acids is 1. The molecule has 0 radical (unpaired) electrons. The van der Waals surface area contributed by atoms with Crippen molar-refractivity contribution in [1.29, 1.82) is 0 Å². The second-order valence-corrected chi connectivity index (χ2v) is 4.83. The van der Waals surface area contributed by atoms with Crippen LogP contribution >= 0.6 is 11.6 Å². The molecule has 2 N–H and O–H groups in total. The minimum absolute atomic E-state index is 0.289. The van der Waals surface area contributed by atoms with Crippen molar-refractivity contribution in [2.24, 2.45) is 5.41 Å². The molecule has 0 spiro atoms. The van der Waals surface area contributed by atoms with Crippen LogP contribution < -0.4 is 5.32 Å². The van der Waals surface area contributed by atoms with E-state index >= 15 is 0 Å². The lowest BCUT2D eigenvalue weighted by molar-refractivity contribution is -0.147. The summed E-state index contributed by atoms with van der Waals surface area (Å²) < 4.78 is 12.9. The predicted octanol–water partition coefficient (Wildman–Crippen LogP) is 2.09. The third-order valence-corrected chi connectivity index (χ3v) is 3.59. The molecule has 1 aliphatic heterocycles. The Morgan fingerprint density at radius 1 is 1.59 bits per heavy atom. The van der Waals surface area contributed by atoms with Crippen LogP contribution in [0.3, 0.4) is 0 Å². The minimum atomic E-state index is -0.831. The molecule has 17 heavy (non-hydrogen) atoms. The fourth-order valence-corrected chi connectivity index (χ4v) is 2.42. The van der Waals surface area contributed by atoms with Gasteiger partial charge in [-0.25, -0.2) is 4.39 Å². The summed E-state index contributed by atoms with van der Waals surface area (Å²) in [6.07, 6.45) is 0.893. The van der Waals surface area contributed by atoms with Gasteiger partial charge in [-0.3, -0.25) is 4.79 Å². The van der Waals surface area contributed by atoms with E-state index in [1.54, 1.807) is 6.07 Å². The van der Waals surface area contributed by atoms with Gasteiger partial charge < -0.3 is 10.4 Å². The van der Waals surface area contributed by atoms with Crippen molar-refractivity contribution in [1.82, 2.24) is 5.32 Å². The molecule has 1 unspecified atom stereocenters. The van der Waals surface area contributed by atoms with Crippen LogP contribution in [-0.4, -0.2) is 24.2 Å². The summed E-state index contributed by atoms with van der Waals surface area (Å²) in [5, 5.41) is 12.7. The number of rotatable bonds is 3. The van der Waals surface area contributed by atoms with Crippen molar-refractivity contribution in [3.8, 4) is 0 Å². The lowest BCUT2D eigenvalue weighted by Gasteiger charge is -2.23. The van der Waals surface area contributed by atoms with Gasteiger partial charge >= 0.3 is 5.97 Å². The standard InChI is InChI=1S/C12H13ClFNO2/c13-10-5-9(14)2-1-8(10)6-12(11(16)17)3-4-15-7-12/h1-2,5,15H,3-4,6-7H2,(H,16,17). The Bertz CT molecular complexity index is 444. The lowest BCUT2D eigenvalue weighted by atomic mass is 9.81. The Morgan fingerprint density at radius 2 is 2.35 bits per heavy atom. The third-order valence-electron chi connectivity index (χ3n) is 3.24. The molecule has 0 amide bonds. The van der Waals surface area contributed by atoms with E-state index < -0.39 is 17.2 Å². The van der Waals surface area contributed by atoms with Crippen molar-refractivity contribution < 1.29 is 14.3 Å². The van der Waals surface area contributed by atoms with Gasteiger partial charge in [0.1, 0.15) is 5.82 Å². The Morgan fingerprint density at radius 3 is 2.88 bits per heavy atom. The summed E-state index contributed by atoms with van der Waals surface area (Å²) in [6.45, 7) is 1.11. The maximum Gasteiger partial charge on any atom is 0.311 e. The van der Waals surface area contributed by atoms with Crippen molar-refractivity contribution in [3.05, 3.63) is 34.6 Å². The van der Waals surface area contributed by atoms with Crippen molar-refractivity contribution in [3.63, 3.8) is 0 Å². The van der Waals surface area contributed by atoms with Gasteiger partial charge in [-0.1, -0.05) is 17.7 Å². The molecular weight excluding hydrogens is 245 g/mol. The number of nitrogens with one attached hydrogen (secondary N) is 1. The van der Waals surface area contributed by atoms with Crippen LogP contribution in [0, 0.1) is 11.2 Å². The zero-order chi connectivity index (χ0) is 12.5. The van der Waals surface area contributed by atoms with E-state index in [1.807, 2.05) is 0 Å². The van der Waals surface area contributed by atoms with Gasteiger partial charge in [0.05, 0.1) is 5.41 Å². The number of carbonyl (C=O) groups is 1. The van der Waals surface area contributed by atoms with Crippen molar-refractivity contribution in [2.75, 3.05) is 13.1 Å². The van der Waals surface area contributed by atoms with Gasteiger partial charge in [-0.15, -0.1) is 0 Å². The normalized spacial score (nSPS) is 23.9. The van der Waals surface area contributed by atoms with E-state index in [-0.39, 0.29) is 5.02 Å². The second-order valence-electron chi connectivity index (χ2n) is 4.42. The molecule has 0 saturated carbocycles. The van der Waals surface area contributed by atoms with Crippen LogP contribution in [-0.2, 0) is 11.2 Å². The van der Waals surface area contributed by atoms with Crippen LogP contribution in [0.2, 0.25) is 5.02 Å². The van der Waals surface area contributed by atoms with Gasteiger partial charge in [0.25, 0.3) is 0 Å². The number of hydrogen-bond donors (Lipinski definition) is 2. The highest BCUT2D eigenvalue weighted by atomic mass is 35.5. The van der Waals surface area contributed by atoms with Crippen LogP contribution in [0.5, 0.6) is 0 Å². The molecule has 1 atom stereocenters. The first-order valence-electron chi connectivity index (χ1n) is 5.42. The van der Waals surface area contributed by atoms with E-state index in [0.717, 1.165) is 0 Å². The summed E-state index contributed by atoms with van der Waals surface area (Å²) in [7, 11) is 0. The summed E-state index contributed by atoms with van der Waals surface area (Å²) >= 11 is 5.92. The maximum atomic E-state index is 12.9. The molecule has 5 heteroatoms. The Labute approximate surface area is 104 Å². The Kier molecular flexibility index (Phi) is 3.35. The molecule has 1 saturated heterocycles. The van der Waals surface area contributed by atoms with E-state index in [9.17, 15) is 14.3 Å². The maximum absolute atomic E-state index is 12.9.